The maximum Gasteiger partial charge on any atom is 0.303 e. The lowest BCUT2D eigenvalue weighted by Gasteiger charge is -2.17. The molecule has 1 fully saturated rings. The molecule has 0 spiro atoms. The van der Waals surface area contributed by atoms with Crippen LogP contribution in [0, 0.1) is 11.7 Å². The van der Waals surface area contributed by atoms with Crippen LogP contribution in [-0.2, 0) is 4.79 Å². The zero-order chi connectivity index (χ0) is 14.7. The number of halogens is 2. The number of aliphatic carboxylic acids is 1. The summed E-state index contributed by atoms with van der Waals surface area (Å²) in [6.07, 6.45) is 2.33. The molecule has 1 aromatic rings. The number of pyridine rings is 1. The maximum atomic E-state index is 13.1. The van der Waals surface area contributed by atoms with Gasteiger partial charge in [0.05, 0.1) is 11.8 Å². The zero-order valence-electron chi connectivity index (χ0n) is 10.7. The zero-order valence-corrected chi connectivity index (χ0v) is 11.4. The SMILES string of the molecule is O=C(O)CCC1CCN(C(=O)c2cc(F)cnc2Cl)C1. The molecule has 1 amide bonds. The average molecular weight is 301 g/mol. The topological polar surface area (TPSA) is 70.5 Å². The van der Waals surface area contributed by atoms with Crippen molar-refractivity contribution < 1.29 is 19.1 Å². The van der Waals surface area contributed by atoms with Crippen LogP contribution in [-0.4, -0.2) is 40.0 Å². The summed E-state index contributed by atoms with van der Waals surface area (Å²) in [6, 6.07) is 1.07. The number of hydrogen-bond donors (Lipinski definition) is 1. The molecule has 20 heavy (non-hydrogen) atoms. The fourth-order valence-electron chi connectivity index (χ4n) is 2.32. The van der Waals surface area contributed by atoms with Gasteiger partial charge in [-0.25, -0.2) is 9.37 Å². The van der Waals surface area contributed by atoms with Crippen LogP contribution in [0.1, 0.15) is 29.6 Å². The largest absolute Gasteiger partial charge is 0.481 e. The lowest BCUT2D eigenvalue weighted by Crippen LogP contribution is -2.29. The van der Waals surface area contributed by atoms with Gasteiger partial charge in [0.2, 0.25) is 0 Å². The molecule has 0 saturated carbocycles. The van der Waals surface area contributed by atoms with Crippen molar-refractivity contribution in [1.29, 1.82) is 0 Å². The Balaban J connectivity index is 2.00. The van der Waals surface area contributed by atoms with E-state index in [1.54, 1.807) is 4.90 Å². The van der Waals surface area contributed by atoms with Crippen molar-refractivity contribution in [3.8, 4) is 0 Å². The monoisotopic (exact) mass is 300 g/mol. The quantitative estimate of drug-likeness (QED) is 0.865. The van der Waals surface area contributed by atoms with Gasteiger partial charge in [0.15, 0.2) is 0 Å². The molecule has 2 rings (SSSR count). The second kappa shape index (κ2) is 6.17. The number of rotatable bonds is 4. The van der Waals surface area contributed by atoms with Gasteiger partial charge < -0.3 is 10.0 Å². The summed E-state index contributed by atoms with van der Waals surface area (Å²) in [5.74, 6) is -1.65. The second-order valence-electron chi connectivity index (χ2n) is 4.83. The van der Waals surface area contributed by atoms with Gasteiger partial charge in [-0.05, 0) is 24.8 Å². The van der Waals surface area contributed by atoms with Crippen molar-refractivity contribution in [3.05, 3.63) is 28.8 Å². The Labute approximate surface area is 120 Å². The van der Waals surface area contributed by atoms with Crippen LogP contribution in [0.3, 0.4) is 0 Å². The third-order valence-corrected chi connectivity index (χ3v) is 3.68. The van der Waals surface area contributed by atoms with Crippen molar-refractivity contribution in [2.45, 2.75) is 19.3 Å². The lowest BCUT2D eigenvalue weighted by atomic mass is 10.0. The summed E-state index contributed by atoms with van der Waals surface area (Å²) >= 11 is 5.81. The first-order valence-corrected chi connectivity index (χ1v) is 6.67. The molecular weight excluding hydrogens is 287 g/mol. The highest BCUT2D eigenvalue weighted by molar-refractivity contribution is 6.32. The highest BCUT2D eigenvalue weighted by Gasteiger charge is 2.28. The first-order valence-electron chi connectivity index (χ1n) is 6.29. The fraction of sp³-hybridized carbons (Fsp3) is 0.462. The number of hydrogen-bond acceptors (Lipinski definition) is 3. The molecule has 1 atom stereocenters. The molecule has 1 aliphatic heterocycles. The molecular formula is C13H14ClFN2O3. The number of likely N-dealkylation sites (tertiary alicyclic amines) is 1. The van der Waals surface area contributed by atoms with E-state index in [0.717, 1.165) is 18.7 Å². The molecule has 5 nitrogen and oxygen atoms in total. The number of nitrogens with zero attached hydrogens (tertiary/aromatic N) is 2. The Hall–Kier alpha value is -1.69. The molecule has 0 aliphatic carbocycles. The predicted molar refractivity (Wildman–Crippen MR) is 70.1 cm³/mol. The van der Waals surface area contributed by atoms with Crippen molar-refractivity contribution in [2.75, 3.05) is 13.1 Å². The fourth-order valence-corrected chi connectivity index (χ4v) is 2.51. The van der Waals surface area contributed by atoms with Gasteiger partial charge in [-0.3, -0.25) is 9.59 Å². The van der Waals surface area contributed by atoms with Crippen molar-refractivity contribution >= 4 is 23.5 Å². The summed E-state index contributed by atoms with van der Waals surface area (Å²) in [5, 5.41) is 8.62. The molecule has 7 heteroatoms. The minimum Gasteiger partial charge on any atom is -0.481 e. The molecule has 1 unspecified atom stereocenters. The van der Waals surface area contributed by atoms with E-state index in [-0.39, 0.29) is 29.0 Å². The van der Waals surface area contributed by atoms with E-state index in [4.69, 9.17) is 16.7 Å². The van der Waals surface area contributed by atoms with Crippen LogP contribution < -0.4 is 0 Å². The maximum absolute atomic E-state index is 13.1. The number of aromatic nitrogens is 1. The summed E-state index contributed by atoms with van der Waals surface area (Å²) < 4.78 is 13.1. The number of carboxylic acid groups (broad SMARTS) is 1. The molecule has 0 bridgehead atoms. The average Bonchev–Trinajstić information content (AvgIpc) is 2.87. The summed E-state index contributed by atoms with van der Waals surface area (Å²) in [4.78, 5) is 27.9. The highest BCUT2D eigenvalue weighted by atomic mass is 35.5. The van der Waals surface area contributed by atoms with Gasteiger partial charge in [0.1, 0.15) is 11.0 Å². The van der Waals surface area contributed by atoms with E-state index in [9.17, 15) is 14.0 Å². The Morgan fingerprint density at radius 3 is 3.00 bits per heavy atom. The van der Waals surface area contributed by atoms with Gasteiger partial charge >= 0.3 is 5.97 Å². The Bertz CT molecular complexity index is 538. The lowest BCUT2D eigenvalue weighted by molar-refractivity contribution is -0.137. The summed E-state index contributed by atoms with van der Waals surface area (Å²) in [5.41, 5.74) is 0.0468. The van der Waals surface area contributed by atoms with Crippen LogP contribution >= 0.6 is 11.6 Å². The molecule has 1 aliphatic rings. The van der Waals surface area contributed by atoms with Crippen molar-refractivity contribution in [1.82, 2.24) is 9.88 Å². The molecule has 2 heterocycles. The van der Waals surface area contributed by atoms with Crippen LogP contribution in [0.25, 0.3) is 0 Å². The smallest absolute Gasteiger partial charge is 0.303 e. The van der Waals surface area contributed by atoms with Gasteiger partial charge in [-0.1, -0.05) is 11.6 Å². The normalized spacial score (nSPS) is 18.3. The van der Waals surface area contributed by atoms with E-state index < -0.39 is 11.8 Å². The van der Waals surface area contributed by atoms with Gasteiger partial charge in [-0.2, -0.15) is 0 Å². The highest BCUT2D eigenvalue weighted by Crippen LogP contribution is 2.24. The molecule has 0 aromatic carbocycles. The minimum atomic E-state index is -0.841. The number of amides is 1. The van der Waals surface area contributed by atoms with Crippen molar-refractivity contribution in [3.63, 3.8) is 0 Å². The first kappa shape index (κ1) is 14.7. The van der Waals surface area contributed by atoms with Crippen LogP contribution in [0.5, 0.6) is 0 Å². The van der Waals surface area contributed by atoms with E-state index in [0.29, 0.717) is 19.5 Å². The predicted octanol–water partition coefficient (Wildman–Crippen LogP) is 2.20. The van der Waals surface area contributed by atoms with E-state index in [1.165, 1.54) is 0 Å². The molecule has 1 N–H and O–H groups in total. The van der Waals surface area contributed by atoms with Crippen LogP contribution in [0.4, 0.5) is 4.39 Å². The third-order valence-electron chi connectivity index (χ3n) is 3.38. The van der Waals surface area contributed by atoms with E-state index in [1.807, 2.05) is 0 Å². The Morgan fingerprint density at radius 1 is 1.55 bits per heavy atom. The van der Waals surface area contributed by atoms with E-state index >= 15 is 0 Å². The van der Waals surface area contributed by atoms with Crippen LogP contribution in [0.15, 0.2) is 12.3 Å². The number of carbonyl (C=O) groups excluding carboxylic acids is 1. The number of carbonyl (C=O) groups is 2. The number of carboxylic acids is 1. The van der Waals surface area contributed by atoms with Crippen molar-refractivity contribution in [2.24, 2.45) is 5.92 Å². The minimum absolute atomic E-state index is 0.0228. The Kier molecular flexibility index (Phi) is 4.54. The molecule has 1 saturated heterocycles. The molecule has 0 radical (unpaired) electrons. The van der Waals surface area contributed by atoms with Gasteiger partial charge in [0.25, 0.3) is 5.91 Å². The summed E-state index contributed by atoms with van der Waals surface area (Å²) in [7, 11) is 0. The Morgan fingerprint density at radius 2 is 2.30 bits per heavy atom. The van der Waals surface area contributed by atoms with Crippen LogP contribution in [0.2, 0.25) is 5.15 Å². The summed E-state index contributed by atoms with van der Waals surface area (Å²) in [6.45, 7) is 0.995. The second-order valence-corrected chi connectivity index (χ2v) is 5.19. The first-order chi connectivity index (χ1) is 9.47. The standard InChI is InChI=1S/C13H14ClFN2O3/c14-12-10(5-9(15)6-16-12)13(20)17-4-3-8(7-17)1-2-11(18)19/h5-6,8H,1-4,7H2,(H,18,19). The molecule has 1 aromatic heterocycles. The molecule has 108 valence electrons. The van der Waals surface area contributed by atoms with Gasteiger partial charge in [0, 0.05) is 19.5 Å². The van der Waals surface area contributed by atoms with E-state index in [2.05, 4.69) is 4.98 Å². The van der Waals surface area contributed by atoms with Gasteiger partial charge in [-0.15, -0.1) is 0 Å². The third kappa shape index (κ3) is 3.45.